The molecule has 0 spiro atoms. The molecule has 1 fully saturated rings. The van der Waals surface area contributed by atoms with Crippen LogP contribution in [-0.2, 0) is 11.3 Å². The van der Waals surface area contributed by atoms with Crippen LogP contribution in [0.3, 0.4) is 0 Å². The number of piperidine rings is 1. The van der Waals surface area contributed by atoms with Gasteiger partial charge >= 0.3 is 0 Å². The molecule has 1 saturated heterocycles. The van der Waals surface area contributed by atoms with Gasteiger partial charge in [0.15, 0.2) is 11.6 Å². The Morgan fingerprint density at radius 2 is 1.46 bits per heavy atom. The van der Waals surface area contributed by atoms with E-state index in [1.54, 1.807) is 29.2 Å². The summed E-state index contributed by atoms with van der Waals surface area (Å²) in [6.45, 7) is 1.04. The highest BCUT2D eigenvalue weighted by Gasteiger charge is 2.28. The van der Waals surface area contributed by atoms with Crippen LogP contribution in [0.1, 0.15) is 24.7 Å². The normalized spacial score (nSPS) is 14.1. The van der Waals surface area contributed by atoms with Gasteiger partial charge in [0.25, 0.3) is 0 Å². The number of aromatic nitrogens is 5. The van der Waals surface area contributed by atoms with Crippen molar-refractivity contribution in [2.45, 2.75) is 25.3 Å². The fourth-order valence-corrected chi connectivity index (χ4v) is 4.69. The second-order valence-electron chi connectivity index (χ2n) is 9.40. The lowest BCUT2D eigenvalue weighted by atomic mass is 9.97. The maximum Gasteiger partial charge on any atom is 0.247 e. The van der Waals surface area contributed by atoms with Crippen molar-refractivity contribution in [3.8, 4) is 34.2 Å². The van der Waals surface area contributed by atoms with Crippen molar-refractivity contribution in [1.29, 1.82) is 0 Å². The Balaban J connectivity index is 1.17. The summed E-state index contributed by atoms with van der Waals surface area (Å²) in [4.78, 5) is 19.7. The summed E-state index contributed by atoms with van der Waals surface area (Å²) in [5.41, 5.74) is 2.10. The van der Waals surface area contributed by atoms with Crippen molar-refractivity contribution < 1.29 is 18.0 Å². The molecule has 196 valence electrons. The topological polar surface area (TPSA) is 89.9 Å². The molecule has 3 heterocycles. The SMILES string of the molecule is O=C(Cn1nc(-c2ccc(F)cc2)nc1-c1ccc(F)cc1)N1CCC(c2nnc(-c3ccccc3)o2)CC1. The van der Waals surface area contributed by atoms with Crippen molar-refractivity contribution in [3.63, 3.8) is 0 Å². The number of carbonyl (C=O) groups excluding carboxylic acids is 1. The van der Waals surface area contributed by atoms with Gasteiger partial charge in [-0.3, -0.25) is 4.79 Å². The number of benzene rings is 3. The third-order valence-electron chi connectivity index (χ3n) is 6.82. The first-order valence-corrected chi connectivity index (χ1v) is 12.7. The number of carbonyl (C=O) groups is 1. The lowest BCUT2D eigenvalue weighted by Crippen LogP contribution is -2.40. The van der Waals surface area contributed by atoms with Crippen LogP contribution in [0.4, 0.5) is 8.78 Å². The first-order chi connectivity index (χ1) is 19.0. The lowest BCUT2D eigenvalue weighted by molar-refractivity contribution is -0.133. The van der Waals surface area contributed by atoms with E-state index in [0.29, 0.717) is 60.5 Å². The summed E-state index contributed by atoms with van der Waals surface area (Å²) in [7, 11) is 0. The number of nitrogens with zero attached hydrogens (tertiary/aromatic N) is 6. The molecular weight excluding hydrogens is 502 g/mol. The van der Waals surface area contributed by atoms with Gasteiger partial charge in [0, 0.05) is 35.7 Å². The van der Waals surface area contributed by atoms with Crippen LogP contribution in [-0.4, -0.2) is 48.9 Å². The highest BCUT2D eigenvalue weighted by atomic mass is 19.1. The second-order valence-corrected chi connectivity index (χ2v) is 9.40. The first kappa shape index (κ1) is 24.6. The highest BCUT2D eigenvalue weighted by Crippen LogP contribution is 2.30. The Morgan fingerprint density at radius 1 is 0.821 bits per heavy atom. The molecule has 0 unspecified atom stereocenters. The molecule has 1 aliphatic heterocycles. The van der Waals surface area contributed by atoms with E-state index in [4.69, 9.17) is 4.42 Å². The van der Waals surface area contributed by atoms with Gasteiger partial charge in [0.05, 0.1) is 0 Å². The van der Waals surface area contributed by atoms with Crippen molar-refractivity contribution in [3.05, 3.63) is 96.4 Å². The van der Waals surface area contributed by atoms with Crippen LogP contribution in [0.5, 0.6) is 0 Å². The fourth-order valence-electron chi connectivity index (χ4n) is 4.69. The molecule has 10 heteroatoms. The van der Waals surface area contributed by atoms with E-state index in [-0.39, 0.29) is 30.0 Å². The minimum absolute atomic E-state index is 0.0374. The van der Waals surface area contributed by atoms with Crippen molar-refractivity contribution >= 4 is 5.91 Å². The van der Waals surface area contributed by atoms with E-state index < -0.39 is 0 Å². The summed E-state index contributed by atoms with van der Waals surface area (Å²) < 4.78 is 34.4. The Bertz CT molecular complexity index is 1570. The zero-order valence-corrected chi connectivity index (χ0v) is 20.9. The Hall–Kier alpha value is -4.73. The molecule has 5 aromatic rings. The number of hydrogen-bond acceptors (Lipinski definition) is 6. The number of rotatable bonds is 6. The summed E-state index contributed by atoms with van der Waals surface area (Å²) in [6.07, 6.45) is 1.40. The minimum Gasteiger partial charge on any atom is -0.420 e. The molecule has 8 nitrogen and oxygen atoms in total. The molecule has 2 aromatic heterocycles. The van der Waals surface area contributed by atoms with Crippen LogP contribution in [0, 0.1) is 11.6 Å². The highest BCUT2D eigenvalue weighted by molar-refractivity contribution is 5.77. The van der Waals surface area contributed by atoms with Crippen molar-refractivity contribution in [1.82, 2.24) is 29.9 Å². The fraction of sp³-hybridized carbons (Fsp3) is 0.207. The van der Waals surface area contributed by atoms with E-state index in [1.165, 1.54) is 28.9 Å². The van der Waals surface area contributed by atoms with Gasteiger partial charge in [0.1, 0.15) is 18.2 Å². The Morgan fingerprint density at radius 3 is 2.13 bits per heavy atom. The van der Waals surface area contributed by atoms with E-state index >= 15 is 0 Å². The van der Waals surface area contributed by atoms with Crippen LogP contribution >= 0.6 is 0 Å². The molecule has 0 radical (unpaired) electrons. The molecule has 0 N–H and O–H groups in total. The van der Waals surface area contributed by atoms with Gasteiger partial charge < -0.3 is 9.32 Å². The molecule has 0 aliphatic carbocycles. The smallest absolute Gasteiger partial charge is 0.247 e. The molecule has 1 amide bonds. The van der Waals surface area contributed by atoms with Gasteiger partial charge in [-0.25, -0.2) is 18.4 Å². The van der Waals surface area contributed by atoms with E-state index in [2.05, 4.69) is 20.3 Å². The first-order valence-electron chi connectivity index (χ1n) is 12.7. The van der Waals surface area contributed by atoms with Gasteiger partial charge in [-0.05, 0) is 73.5 Å². The van der Waals surface area contributed by atoms with Crippen LogP contribution in [0.2, 0.25) is 0 Å². The summed E-state index contributed by atoms with van der Waals surface area (Å²) >= 11 is 0. The summed E-state index contributed by atoms with van der Waals surface area (Å²) in [5.74, 6) is 1.07. The van der Waals surface area contributed by atoms with E-state index in [9.17, 15) is 13.6 Å². The molecule has 39 heavy (non-hydrogen) atoms. The standard InChI is InChI=1S/C29H24F2N6O2/c30-23-10-6-19(7-11-23)26-32-27(20-8-12-24(31)13-9-20)37(35-26)18-25(38)36-16-14-22(15-17-36)29-34-33-28(39-29)21-4-2-1-3-5-21/h1-13,22H,14-18H2. The molecule has 3 aromatic carbocycles. The second kappa shape index (κ2) is 10.6. The number of amides is 1. The van der Waals surface area contributed by atoms with Gasteiger partial charge in [-0.1, -0.05) is 18.2 Å². The average Bonchev–Trinajstić information content (AvgIpc) is 3.63. The van der Waals surface area contributed by atoms with E-state index in [1.807, 2.05) is 30.3 Å². The molecule has 0 saturated carbocycles. The van der Waals surface area contributed by atoms with Crippen LogP contribution in [0.25, 0.3) is 34.2 Å². The summed E-state index contributed by atoms with van der Waals surface area (Å²) in [6, 6.07) is 21.3. The molecule has 0 atom stereocenters. The van der Waals surface area contributed by atoms with Gasteiger partial charge in [-0.15, -0.1) is 15.3 Å². The Labute approximate surface area is 222 Å². The van der Waals surface area contributed by atoms with Crippen molar-refractivity contribution in [2.75, 3.05) is 13.1 Å². The molecule has 6 rings (SSSR count). The minimum atomic E-state index is -0.375. The molecule has 0 bridgehead atoms. The largest absolute Gasteiger partial charge is 0.420 e. The lowest BCUT2D eigenvalue weighted by Gasteiger charge is -2.30. The maximum atomic E-state index is 13.6. The number of likely N-dealkylation sites (tertiary alicyclic amines) is 1. The molecular formula is C29H24F2N6O2. The van der Waals surface area contributed by atoms with Crippen LogP contribution < -0.4 is 0 Å². The third-order valence-corrected chi connectivity index (χ3v) is 6.82. The monoisotopic (exact) mass is 526 g/mol. The Kier molecular flexibility index (Phi) is 6.66. The van der Waals surface area contributed by atoms with E-state index in [0.717, 1.165) is 5.56 Å². The average molecular weight is 527 g/mol. The zero-order valence-electron chi connectivity index (χ0n) is 20.9. The zero-order chi connectivity index (χ0) is 26.8. The maximum absolute atomic E-state index is 13.6. The van der Waals surface area contributed by atoms with Gasteiger partial charge in [-0.2, -0.15) is 0 Å². The van der Waals surface area contributed by atoms with Crippen LogP contribution in [0.15, 0.2) is 83.3 Å². The predicted molar refractivity (Wildman–Crippen MR) is 139 cm³/mol. The predicted octanol–water partition coefficient (Wildman–Crippen LogP) is 5.35. The third kappa shape index (κ3) is 5.31. The summed E-state index contributed by atoms with van der Waals surface area (Å²) in [5, 5.41) is 13.0. The number of hydrogen-bond donors (Lipinski definition) is 0. The molecule has 1 aliphatic rings. The number of halogens is 2. The van der Waals surface area contributed by atoms with Crippen molar-refractivity contribution in [2.24, 2.45) is 0 Å². The van der Waals surface area contributed by atoms with Gasteiger partial charge in [0.2, 0.25) is 17.7 Å². The quantitative estimate of drug-likeness (QED) is 0.297.